The third-order valence-electron chi connectivity index (χ3n) is 6.27. The quantitative estimate of drug-likeness (QED) is 0.149. The third-order valence-corrected chi connectivity index (χ3v) is 6.27. The van der Waals surface area contributed by atoms with Gasteiger partial charge in [0.25, 0.3) is 11.7 Å². The number of nitrogens with zero attached hydrogens (tertiary/aromatic N) is 1. The summed E-state index contributed by atoms with van der Waals surface area (Å²) in [7, 11) is 0. The minimum Gasteiger partial charge on any atom is -0.507 e. The molecule has 1 saturated heterocycles. The molecule has 0 aromatic heterocycles. The van der Waals surface area contributed by atoms with Crippen molar-refractivity contribution in [3.05, 3.63) is 94.6 Å². The van der Waals surface area contributed by atoms with E-state index in [0.717, 1.165) is 17.5 Å². The first kappa shape index (κ1) is 25.7. The van der Waals surface area contributed by atoms with E-state index in [1.54, 1.807) is 54.6 Å². The predicted molar refractivity (Wildman–Crippen MR) is 141 cm³/mol. The van der Waals surface area contributed by atoms with Gasteiger partial charge >= 0.3 is 5.97 Å². The maximum absolute atomic E-state index is 13.4. The van der Waals surface area contributed by atoms with Crippen molar-refractivity contribution in [1.82, 2.24) is 0 Å². The fourth-order valence-corrected chi connectivity index (χ4v) is 4.26. The van der Waals surface area contributed by atoms with E-state index in [-0.39, 0.29) is 11.3 Å². The molecule has 1 aliphatic rings. The van der Waals surface area contributed by atoms with E-state index in [2.05, 4.69) is 0 Å². The van der Waals surface area contributed by atoms with E-state index in [9.17, 15) is 19.5 Å². The second-order valence-corrected chi connectivity index (χ2v) is 8.97. The first-order chi connectivity index (χ1) is 17.7. The minimum atomic E-state index is -0.885. The van der Waals surface area contributed by atoms with Crippen molar-refractivity contribution in [2.24, 2.45) is 0 Å². The van der Waals surface area contributed by atoms with Gasteiger partial charge < -0.3 is 14.6 Å². The summed E-state index contributed by atoms with van der Waals surface area (Å²) in [6.07, 6.45) is 0.861. The number of Topliss-reactive ketones (excluding diaryl/α,β-unsaturated/α-hetero) is 1. The molecule has 1 aliphatic heterocycles. The first-order valence-electron chi connectivity index (χ1n) is 12.1. The topological polar surface area (TPSA) is 93.1 Å². The van der Waals surface area contributed by atoms with Crippen molar-refractivity contribution in [2.45, 2.75) is 40.2 Å². The molecule has 7 nitrogen and oxygen atoms in total. The molecule has 1 fully saturated rings. The van der Waals surface area contributed by atoms with Crippen molar-refractivity contribution >= 4 is 29.1 Å². The van der Waals surface area contributed by atoms with Gasteiger partial charge in [-0.1, -0.05) is 25.1 Å². The van der Waals surface area contributed by atoms with Crippen molar-refractivity contribution < 1.29 is 29.0 Å². The molecule has 0 bridgehead atoms. The Morgan fingerprint density at radius 2 is 1.57 bits per heavy atom. The molecule has 1 atom stereocenters. The van der Waals surface area contributed by atoms with Gasteiger partial charge in [-0.15, -0.1) is 0 Å². The van der Waals surface area contributed by atoms with E-state index in [0.29, 0.717) is 34.9 Å². The number of amides is 1. The maximum atomic E-state index is 13.4. The van der Waals surface area contributed by atoms with Crippen LogP contribution in [0.1, 0.15) is 48.6 Å². The largest absolute Gasteiger partial charge is 0.507 e. The number of carbonyl (C=O) groups excluding carboxylic acids is 3. The number of hydrogen-bond acceptors (Lipinski definition) is 6. The zero-order valence-corrected chi connectivity index (χ0v) is 21.3. The van der Waals surface area contributed by atoms with E-state index in [1.807, 2.05) is 32.9 Å². The number of carbonyl (C=O) groups is 3. The van der Waals surface area contributed by atoms with Crippen LogP contribution in [0.3, 0.4) is 0 Å². The Bertz CT molecular complexity index is 1370. The van der Waals surface area contributed by atoms with E-state index < -0.39 is 23.7 Å². The summed E-state index contributed by atoms with van der Waals surface area (Å²) in [5.74, 6) is -1.27. The summed E-state index contributed by atoms with van der Waals surface area (Å²) in [6.45, 7) is 7.78. The van der Waals surface area contributed by atoms with Crippen molar-refractivity contribution in [3.63, 3.8) is 0 Å². The summed E-state index contributed by atoms with van der Waals surface area (Å²) < 4.78 is 10.8. The van der Waals surface area contributed by atoms with Gasteiger partial charge in [-0.2, -0.15) is 0 Å². The zero-order chi connectivity index (χ0) is 26.7. The predicted octanol–water partition coefficient (Wildman–Crippen LogP) is 5.64. The van der Waals surface area contributed by atoms with Crippen LogP contribution >= 0.6 is 0 Å². The van der Waals surface area contributed by atoms with Crippen molar-refractivity contribution in [2.75, 3.05) is 11.5 Å². The molecule has 1 heterocycles. The van der Waals surface area contributed by atoms with E-state index in [1.165, 1.54) is 11.8 Å². The SMILES string of the molecule is CCCOc1ccc(/C(O)=C2\C(=O)C(=O)N(c3ccc(C)c(C)c3)C2c2ccc(OC(C)=O)cc2)cc1. The zero-order valence-electron chi connectivity index (χ0n) is 21.3. The van der Waals surface area contributed by atoms with Crippen LogP contribution in [0.4, 0.5) is 5.69 Å². The van der Waals surface area contributed by atoms with Gasteiger partial charge in [-0.05, 0) is 85.5 Å². The average Bonchev–Trinajstić information content (AvgIpc) is 3.14. The van der Waals surface area contributed by atoms with Crippen LogP contribution in [-0.4, -0.2) is 29.4 Å². The molecule has 37 heavy (non-hydrogen) atoms. The van der Waals surface area contributed by atoms with Crippen LogP contribution in [0.5, 0.6) is 11.5 Å². The van der Waals surface area contributed by atoms with E-state index >= 15 is 0 Å². The average molecular weight is 500 g/mol. The van der Waals surface area contributed by atoms with E-state index in [4.69, 9.17) is 9.47 Å². The fourth-order valence-electron chi connectivity index (χ4n) is 4.26. The molecule has 3 aromatic rings. The van der Waals surface area contributed by atoms with Gasteiger partial charge in [0, 0.05) is 18.2 Å². The van der Waals surface area contributed by atoms with Crippen LogP contribution in [0.2, 0.25) is 0 Å². The number of benzene rings is 3. The highest BCUT2D eigenvalue weighted by Crippen LogP contribution is 2.43. The number of esters is 1. The Labute approximate surface area is 215 Å². The highest BCUT2D eigenvalue weighted by Gasteiger charge is 2.47. The monoisotopic (exact) mass is 499 g/mol. The number of ketones is 1. The van der Waals surface area contributed by atoms with Gasteiger partial charge in [-0.25, -0.2) is 0 Å². The smallest absolute Gasteiger partial charge is 0.308 e. The van der Waals surface area contributed by atoms with Crippen LogP contribution in [0.25, 0.3) is 5.76 Å². The molecular weight excluding hydrogens is 470 g/mol. The lowest BCUT2D eigenvalue weighted by Gasteiger charge is -2.26. The summed E-state index contributed by atoms with van der Waals surface area (Å²) in [4.78, 5) is 39.5. The molecule has 1 amide bonds. The lowest BCUT2D eigenvalue weighted by atomic mass is 9.95. The standard InChI is InChI=1S/C30H29NO6/c1-5-16-36-24-12-9-22(10-13-24)28(33)26-27(21-7-14-25(15-8-21)37-20(4)32)31(30(35)29(26)34)23-11-6-18(2)19(3)17-23/h6-15,17,27,33H,5,16H2,1-4H3/b28-26+. The molecule has 0 saturated carbocycles. The summed E-state index contributed by atoms with van der Waals surface area (Å²) >= 11 is 0. The number of ether oxygens (including phenoxy) is 2. The summed E-state index contributed by atoms with van der Waals surface area (Å²) in [5.41, 5.74) is 3.51. The number of rotatable bonds is 7. The van der Waals surface area contributed by atoms with Gasteiger partial charge in [0.15, 0.2) is 0 Å². The normalized spacial score (nSPS) is 16.6. The molecule has 1 N–H and O–H groups in total. The second-order valence-electron chi connectivity index (χ2n) is 8.97. The number of aliphatic hydroxyl groups excluding tert-OH is 1. The van der Waals surface area contributed by atoms with Crippen molar-refractivity contribution in [3.8, 4) is 11.5 Å². The Morgan fingerprint density at radius 3 is 2.16 bits per heavy atom. The first-order valence-corrected chi connectivity index (χ1v) is 12.1. The molecule has 0 spiro atoms. The fraction of sp³-hybridized carbons (Fsp3) is 0.233. The Morgan fingerprint density at radius 1 is 0.919 bits per heavy atom. The molecule has 3 aromatic carbocycles. The number of aliphatic hydroxyl groups is 1. The van der Waals surface area contributed by atoms with Crippen molar-refractivity contribution in [1.29, 1.82) is 0 Å². The third kappa shape index (κ3) is 5.26. The molecule has 1 unspecified atom stereocenters. The summed E-state index contributed by atoms with van der Waals surface area (Å²) in [6, 6.07) is 17.9. The Hall–Kier alpha value is -4.39. The highest BCUT2D eigenvalue weighted by molar-refractivity contribution is 6.51. The van der Waals surface area contributed by atoms with Crippen LogP contribution in [0.15, 0.2) is 72.3 Å². The maximum Gasteiger partial charge on any atom is 0.308 e. The van der Waals surface area contributed by atoms with Gasteiger partial charge in [0.1, 0.15) is 17.3 Å². The van der Waals surface area contributed by atoms with Crippen LogP contribution in [0, 0.1) is 13.8 Å². The second kappa shape index (κ2) is 10.7. The van der Waals surface area contributed by atoms with Crippen LogP contribution in [-0.2, 0) is 14.4 Å². The molecular formula is C30H29NO6. The molecule has 190 valence electrons. The lowest BCUT2D eigenvalue weighted by Crippen LogP contribution is -2.29. The molecule has 7 heteroatoms. The number of aryl methyl sites for hydroxylation is 2. The minimum absolute atomic E-state index is 0.0225. The Kier molecular flexibility index (Phi) is 7.43. The molecule has 4 rings (SSSR count). The lowest BCUT2D eigenvalue weighted by molar-refractivity contribution is -0.132. The highest BCUT2D eigenvalue weighted by atomic mass is 16.5. The summed E-state index contributed by atoms with van der Waals surface area (Å²) in [5, 5.41) is 11.3. The molecule has 0 radical (unpaired) electrons. The number of anilines is 1. The molecule has 0 aliphatic carbocycles. The van der Waals surface area contributed by atoms with Crippen LogP contribution < -0.4 is 14.4 Å². The van der Waals surface area contributed by atoms with Gasteiger partial charge in [-0.3, -0.25) is 19.3 Å². The van der Waals surface area contributed by atoms with Gasteiger partial charge in [0.05, 0.1) is 18.2 Å². The number of hydrogen-bond donors (Lipinski definition) is 1. The Balaban J connectivity index is 1.84. The van der Waals surface area contributed by atoms with Gasteiger partial charge in [0.2, 0.25) is 0 Å².